The van der Waals surface area contributed by atoms with Crippen LogP contribution in [0.4, 0.5) is 5.69 Å². The van der Waals surface area contributed by atoms with E-state index in [2.05, 4.69) is 15.6 Å². The highest BCUT2D eigenvalue weighted by atomic mass is 16.5. The maximum absolute atomic E-state index is 11.5. The molecule has 1 heterocycles. The van der Waals surface area contributed by atoms with Gasteiger partial charge in [-0.25, -0.2) is 0 Å². The standard InChI is InChI=1S/C15H17N3O2/c1-16-15(19)14-9-12(6-7-17-14)18-10-11-4-3-5-13(8-11)20-2/h3-9H,10H2,1-2H3,(H,16,19)(H,17,18). The zero-order valence-electron chi connectivity index (χ0n) is 11.5. The number of hydrogen-bond acceptors (Lipinski definition) is 4. The van der Waals surface area contributed by atoms with Gasteiger partial charge in [-0.15, -0.1) is 0 Å². The molecule has 2 aromatic rings. The molecule has 0 fully saturated rings. The topological polar surface area (TPSA) is 63.2 Å². The Morgan fingerprint density at radius 1 is 1.30 bits per heavy atom. The van der Waals surface area contributed by atoms with Crippen LogP contribution in [0.25, 0.3) is 0 Å². The van der Waals surface area contributed by atoms with Gasteiger partial charge in [0.15, 0.2) is 0 Å². The number of benzene rings is 1. The van der Waals surface area contributed by atoms with Gasteiger partial charge in [-0.3, -0.25) is 9.78 Å². The molecule has 1 aromatic carbocycles. The van der Waals surface area contributed by atoms with E-state index in [1.165, 1.54) is 0 Å². The van der Waals surface area contributed by atoms with Crippen molar-refractivity contribution in [3.8, 4) is 5.75 Å². The summed E-state index contributed by atoms with van der Waals surface area (Å²) in [6.07, 6.45) is 1.61. The molecule has 0 bridgehead atoms. The highest BCUT2D eigenvalue weighted by Gasteiger charge is 2.05. The van der Waals surface area contributed by atoms with Crippen molar-refractivity contribution in [2.45, 2.75) is 6.54 Å². The fourth-order valence-corrected chi connectivity index (χ4v) is 1.78. The Kier molecular flexibility index (Phi) is 4.55. The second kappa shape index (κ2) is 6.56. The summed E-state index contributed by atoms with van der Waals surface area (Å²) in [5.74, 6) is 0.625. The van der Waals surface area contributed by atoms with Gasteiger partial charge in [0.2, 0.25) is 0 Å². The van der Waals surface area contributed by atoms with Gasteiger partial charge in [-0.2, -0.15) is 0 Å². The predicted molar refractivity (Wildman–Crippen MR) is 77.9 cm³/mol. The average molecular weight is 271 g/mol. The Hall–Kier alpha value is -2.56. The number of hydrogen-bond donors (Lipinski definition) is 2. The van der Waals surface area contributed by atoms with Crippen LogP contribution in [0.15, 0.2) is 42.6 Å². The first-order valence-corrected chi connectivity index (χ1v) is 6.28. The third kappa shape index (κ3) is 3.47. The highest BCUT2D eigenvalue weighted by Crippen LogP contribution is 2.15. The van der Waals surface area contributed by atoms with Crippen molar-refractivity contribution < 1.29 is 9.53 Å². The summed E-state index contributed by atoms with van der Waals surface area (Å²) in [4.78, 5) is 15.5. The van der Waals surface area contributed by atoms with E-state index in [1.54, 1.807) is 26.4 Å². The largest absolute Gasteiger partial charge is 0.497 e. The number of carbonyl (C=O) groups is 1. The second-order valence-electron chi connectivity index (χ2n) is 4.21. The fraction of sp³-hybridized carbons (Fsp3) is 0.200. The number of amides is 1. The van der Waals surface area contributed by atoms with Crippen molar-refractivity contribution in [1.29, 1.82) is 0 Å². The number of anilines is 1. The van der Waals surface area contributed by atoms with Crippen LogP contribution in [-0.2, 0) is 6.54 Å². The highest BCUT2D eigenvalue weighted by molar-refractivity contribution is 5.92. The maximum atomic E-state index is 11.5. The van der Waals surface area contributed by atoms with Crippen LogP contribution < -0.4 is 15.4 Å². The van der Waals surface area contributed by atoms with Gasteiger partial charge in [0.05, 0.1) is 7.11 Å². The fourth-order valence-electron chi connectivity index (χ4n) is 1.78. The predicted octanol–water partition coefficient (Wildman–Crippen LogP) is 2.06. The molecule has 0 aliphatic heterocycles. The number of methoxy groups -OCH3 is 1. The van der Waals surface area contributed by atoms with Gasteiger partial charge in [0.1, 0.15) is 11.4 Å². The number of nitrogens with one attached hydrogen (secondary N) is 2. The first-order valence-electron chi connectivity index (χ1n) is 6.28. The summed E-state index contributed by atoms with van der Waals surface area (Å²) in [6.45, 7) is 0.647. The van der Waals surface area contributed by atoms with Crippen LogP contribution in [0.5, 0.6) is 5.75 Å². The van der Waals surface area contributed by atoms with Gasteiger partial charge < -0.3 is 15.4 Å². The Morgan fingerprint density at radius 3 is 2.90 bits per heavy atom. The Balaban J connectivity index is 2.05. The zero-order valence-corrected chi connectivity index (χ0v) is 11.5. The molecule has 0 unspecified atom stereocenters. The summed E-state index contributed by atoms with van der Waals surface area (Å²) in [7, 11) is 3.23. The van der Waals surface area contributed by atoms with Crippen molar-refractivity contribution in [2.75, 3.05) is 19.5 Å². The zero-order chi connectivity index (χ0) is 14.4. The summed E-state index contributed by atoms with van der Waals surface area (Å²) in [5, 5.41) is 5.81. The van der Waals surface area contributed by atoms with Crippen molar-refractivity contribution >= 4 is 11.6 Å². The number of nitrogens with zero attached hydrogens (tertiary/aromatic N) is 1. The monoisotopic (exact) mass is 271 g/mol. The summed E-state index contributed by atoms with van der Waals surface area (Å²) in [5.41, 5.74) is 2.34. The van der Waals surface area contributed by atoms with Crippen molar-refractivity contribution in [3.05, 3.63) is 53.9 Å². The molecule has 2 N–H and O–H groups in total. The second-order valence-corrected chi connectivity index (χ2v) is 4.21. The molecule has 0 aliphatic carbocycles. The molecule has 5 heteroatoms. The lowest BCUT2D eigenvalue weighted by Crippen LogP contribution is -2.19. The molecule has 20 heavy (non-hydrogen) atoms. The lowest BCUT2D eigenvalue weighted by Gasteiger charge is -2.08. The summed E-state index contributed by atoms with van der Waals surface area (Å²) < 4.78 is 5.18. The van der Waals surface area contributed by atoms with E-state index in [9.17, 15) is 4.79 Å². The molecule has 0 saturated carbocycles. The van der Waals surface area contributed by atoms with Gasteiger partial charge in [0.25, 0.3) is 5.91 Å². The van der Waals surface area contributed by atoms with Crippen LogP contribution in [0.2, 0.25) is 0 Å². The first-order chi connectivity index (χ1) is 9.72. The number of aromatic nitrogens is 1. The third-order valence-corrected chi connectivity index (χ3v) is 2.85. The molecular weight excluding hydrogens is 254 g/mol. The van der Waals surface area contributed by atoms with Crippen molar-refractivity contribution in [2.24, 2.45) is 0 Å². The minimum absolute atomic E-state index is 0.199. The maximum Gasteiger partial charge on any atom is 0.269 e. The lowest BCUT2D eigenvalue weighted by atomic mass is 10.2. The van der Waals surface area contributed by atoms with E-state index in [1.807, 2.05) is 30.3 Å². The van der Waals surface area contributed by atoms with Gasteiger partial charge in [0, 0.05) is 25.5 Å². The number of carbonyl (C=O) groups excluding carboxylic acids is 1. The molecule has 5 nitrogen and oxygen atoms in total. The first kappa shape index (κ1) is 13.9. The van der Waals surface area contributed by atoms with Gasteiger partial charge in [-0.1, -0.05) is 12.1 Å². The molecule has 1 amide bonds. The van der Waals surface area contributed by atoms with E-state index >= 15 is 0 Å². The SMILES string of the molecule is CNC(=O)c1cc(NCc2cccc(OC)c2)ccn1. The van der Waals surface area contributed by atoms with Crippen molar-refractivity contribution in [3.63, 3.8) is 0 Å². The Labute approximate surface area is 118 Å². The molecular formula is C15H17N3O2. The lowest BCUT2D eigenvalue weighted by molar-refractivity contribution is 0.0958. The van der Waals surface area contributed by atoms with Crippen molar-refractivity contribution in [1.82, 2.24) is 10.3 Å². The van der Waals surface area contributed by atoms with Crippen LogP contribution >= 0.6 is 0 Å². The normalized spacial score (nSPS) is 9.90. The van der Waals surface area contributed by atoms with E-state index in [0.717, 1.165) is 17.0 Å². The quantitative estimate of drug-likeness (QED) is 0.873. The number of pyridine rings is 1. The average Bonchev–Trinajstić information content (AvgIpc) is 2.52. The Bertz CT molecular complexity index is 599. The molecule has 1 aromatic heterocycles. The smallest absolute Gasteiger partial charge is 0.269 e. The molecule has 0 spiro atoms. The Morgan fingerprint density at radius 2 is 2.15 bits per heavy atom. The van der Waals surface area contributed by atoms with Crippen LogP contribution in [-0.4, -0.2) is 25.0 Å². The molecule has 104 valence electrons. The number of ether oxygens (including phenoxy) is 1. The minimum Gasteiger partial charge on any atom is -0.497 e. The molecule has 0 saturated heterocycles. The van der Waals surface area contributed by atoms with Crippen LogP contribution in [0.1, 0.15) is 16.1 Å². The molecule has 2 rings (SSSR count). The van der Waals surface area contributed by atoms with E-state index in [-0.39, 0.29) is 5.91 Å². The number of rotatable bonds is 5. The third-order valence-electron chi connectivity index (χ3n) is 2.85. The molecule has 0 atom stereocenters. The van der Waals surface area contributed by atoms with Gasteiger partial charge >= 0.3 is 0 Å². The van der Waals surface area contributed by atoms with Crippen LogP contribution in [0.3, 0.4) is 0 Å². The minimum atomic E-state index is -0.199. The summed E-state index contributed by atoms with van der Waals surface area (Å²) >= 11 is 0. The van der Waals surface area contributed by atoms with E-state index < -0.39 is 0 Å². The van der Waals surface area contributed by atoms with Crippen LogP contribution in [0, 0.1) is 0 Å². The van der Waals surface area contributed by atoms with E-state index in [4.69, 9.17) is 4.74 Å². The summed E-state index contributed by atoms with van der Waals surface area (Å²) in [6, 6.07) is 11.4. The van der Waals surface area contributed by atoms with Gasteiger partial charge in [-0.05, 0) is 29.8 Å². The molecule has 0 radical (unpaired) electrons. The molecule has 0 aliphatic rings. The van der Waals surface area contributed by atoms with E-state index in [0.29, 0.717) is 12.2 Å².